The summed E-state index contributed by atoms with van der Waals surface area (Å²) in [6, 6.07) is 14.1. The van der Waals surface area contributed by atoms with Crippen molar-refractivity contribution in [2.45, 2.75) is 13.0 Å². The van der Waals surface area contributed by atoms with E-state index in [0.717, 1.165) is 10.0 Å². The van der Waals surface area contributed by atoms with Crippen molar-refractivity contribution in [3.8, 4) is 6.07 Å². The summed E-state index contributed by atoms with van der Waals surface area (Å²) in [6.07, 6.45) is 0. The van der Waals surface area contributed by atoms with Crippen LogP contribution in [0.5, 0.6) is 0 Å². The molecule has 0 saturated carbocycles. The van der Waals surface area contributed by atoms with Gasteiger partial charge in [0.05, 0.1) is 17.7 Å². The van der Waals surface area contributed by atoms with Gasteiger partial charge in [0.15, 0.2) is 0 Å². The van der Waals surface area contributed by atoms with Crippen LogP contribution in [-0.4, -0.2) is 5.91 Å². The zero-order chi connectivity index (χ0) is 15.4. The predicted octanol–water partition coefficient (Wildman–Crippen LogP) is 3.39. The Bertz CT molecular complexity index is 684. The molecule has 0 bridgehead atoms. The normalized spacial score (nSPS) is 11.5. The van der Waals surface area contributed by atoms with Crippen molar-refractivity contribution in [2.75, 3.05) is 5.73 Å². The second kappa shape index (κ2) is 6.42. The van der Waals surface area contributed by atoms with Gasteiger partial charge in [0, 0.05) is 15.7 Å². The van der Waals surface area contributed by atoms with Crippen LogP contribution in [0.3, 0.4) is 0 Å². The molecule has 2 aromatic rings. The van der Waals surface area contributed by atoms with Crippen molar-refractivity contribution < 1.29 is 4.79 Å². The van der Waals surface area contributed by atoms with E-state index in [9.17, 15) is 4.79 Å². The van der Waals surface area contributed by atoms with Gasteiger partial charge in [0.2, 0.25) is 0 Å². The minimum atomic E-state index is -0.195. The molecule has 1 amide bonds. The summed E-state index contributed by atoms with van der Waals surface area (Å²) in [4.78, 5) is 12.2. The first-order chi connectivity index (χ1) is 9.99. The predicted molar refractivity (Wildman–Crippen MR) is 85.6 cm³/mol. The Kier molecular flexibility index (Phi) is 4.61. The maximum atomic E-state index is 12.2. The first kappa shape index (κ1) is 15.1. The molecule has 0 fully saturated rings. The zero-order valence-corrected chi connectivity index (χ0v) is 13.0. The van der Waals surface area contributed by atoms with Gasteiger partial charge in [-0.2, -0.15) is 5.26 Å². The van der Waals surface area contributed by atoms with Crippen LogP contribution in [-0.2, 0) is 0 Å². The van der Waals surface area contributed by atoms with Crippen molar-refractivity contribution in [3.63, 3.8) is 0 Å². The maximum Gasteiger partial charge on any atom is 0.251 e. The number of carbonyl (C=O) groups excluding carboxylic acids is 1. The number of nitrogens with two attached hydrogens (primary N) is 1. The third-order valence-corrected chi connectivity index (χ3v) is 3.53. The standard InChI is InChI=1S/C16H14BrN3O/c1-10(12-4-2-11(9-18)3-5-12)20-16(21)13-6-14(17)8-15(19)7-13/h2-8,10H,19H2,1H3,(H,20,21). The number of nitrogen functional groups attached to an aromatic ring is 1. The van der Waals surface area contributed by atoms with Crippen molar-refractivity contribution in [1.82, 2.24) is 5.32 Å². The van der Waals surface area contributed by atoms with Crippen molar-refractivity contribution in [3.05, 3.63) is 63.6 Å². The van der Waals surface area contributed by atoms with Gasteiger partial charge in [0.25, 0.3) is 5.91 Å². The van der Waals surface area contributed by atoms with Crippen LogP contribution in [0.4, 0.5) is 5.69 Å². The molecule has 0 spiro atoms. The van der Waals surface area contributed by atoms with Crippen LogP contribution in [0.25, 0.3) is 0 Å². The molecule has 0 aliphatic rings. The fraction of sp³-hybridized carbons (Fsp3) is 0.125. The monoisotopic (exact) mass is 343 g/mol. The lowest BCUT2D eigenvalue weighted by atomic mass is 10.1. The lowest BCUT2D eigenvalue weighted by Crippen LogP contribution is -2.26. The van der Waals surface area contributed by atoms with Crippen LogP contribution >= 0.6 is 15.9 Å². The van der Waals surface area contributed by atoms with Gasteiger partial charge in [-0.1, -0.05) is 28.1 Å². The molecule has 2 aromatic carbocycles. The third kappa shape index (κ3) is 3.83. The lowest BCUT2D eigenvalue weighted by molar-refractivity contribution is 0.0940. The summed E-state index contributed by atoms with van der Waals surface area (Å²) < 4.78 is 0.763. The Labute approximate surface area is 131 Å². The van der Waals surface area contributed by atoms with Gasteiger partial charge < -0.3 is 11.1 Å². The van der Waals surface area contributed by atoms with E-state index in [0.29, 0.717) is 16.8 Å². The van der Waals surface area contributed by atoms with Gasteiger partial charge in [-0.3, -0.25) is 4.79 Å². The van der Waals surface area contributed by atoms with E-state index < -0.39 is 0 Å². The van der Waals surface area contributed by atoms with Gasteiger partial charge in [-0.05, 0) is 42.8 Å². The summed E-state index contributed by atoms with van der Waals surface area (Å²) in [6.45, 7) is 1.89. The smallest absolute Gasteiger partial charge is 0.251 e. The molecule has 0 aliphatic heterocycles. The van der Waals surface area contributed by atoms with Crippen LogP contribution < -0.4 is 11.1 Å². The second-order valence-corrected chi connectivity index (χ2v) is 5.62. The van der Waals surface area contributed by atoms with Crippen molar-refractivity contribution in [1.29, 1.82) is 5.26 Å². The molecule has 21 heavy (non-hydrogen) atoms. The third-order valence-electron chi connectivity index (χ3n) is 3.07. The van der Waals surface area contributed by atoms with Crippen molar-refractivity contribution in [2.24, 2.45) is 0 Å². The van der Waals surface area contributed by atoms with E-state index in [4.69, 9.17) is 11.0 Å². The Morgan fingerprint density at radius 2 is 1.95 bits per heavy atom. The number of anilines is 1. The number of nitrogens with one attached hydrogen (secondary N) is 1. The number of rotatable bonds is 3. The molecule has 1 unspecified atom stereocenters. The molecule has 0 saturated heterocycles. The summed E-state index contributed by atoms with van der Waals surface area (Å²) in [5, 5.41) is 11.7. The number of amides is 1. The first-order valence-corrected chi connectivity index (χ1v) is 7.16. The molecular weight excluding hydrogens is 330 g/mol. The first-order valence-electron chi connectivity index (χ1n) is 6.36. The van der Waals surface area contributed by atoms with Crippen LogP contribution in [0.1, 0.15) is 34.5 Å². The van der Waals surface area contributed by atoms with Gasteiger partial charge in [0.1, 0.15) is 0 Å². The molecule has 106 valence electrons. The Morgan fingerprint density at radius 3 is 2.52 bits per heavy atom. The molecule has 3 N–H and O–H groups in total. The SMILES string of the molecule is CC(NC(=O)c1cc(N)cc(Br)c1)c1ccc(C#N)cc1. The number of nitriles is 1. The molecule has 4 nitrogen and oxygen atoms in total. The minimum Gasteiger partial charge on any atom is -0.399 e. The second-order valence-electron chi connectivity index (χ2n) is 4.70. The molecule has 0 heterocycles. The number of nitrogens with zero attached hydrogens (tertiary/aromatic N) is 1. The molecule has 0 aliphatic carbocycles. The fourth-order valence-corrected chi connectivity index (χ4v) is 2.46. The highest BCUT2D eigenvalue weighted by atomic mass is 79.9. The van der Waals surface area contributed by atoms with Crippen LogP contribution in [0.2, 0.25) is 0 Å². The molecule has 5 heteroatoms. The van der Waals surface area contributed by atoms with Gasteiger partial charge in [-0.15, -0.1) is 0 Å². The summed E-state index contributed by atoms with van der Waals surface area (Å²) >= 11 is 3.32. The van der Waals surface area contributed by atoms with Crippen molar-refractivity contribution >= 4 is 27.5 Å². The molecule has 0 radical (unpaired) electrons. The van der Waals surface area contributed by atoms with E-state index in [1.807, 2.05) is 19.1 Å². The van der Waals surface area contributed by atoms with Crippen LogP contribution in [0, 0.1) is 11.3 Å². The van der Waals surface area contributed by atoms with E-state index in [1.165, 1.54) is 0 Å². The highest BCUT2D eigenvalue weighted by Gasteiger charge is 2.12. The zero-order valence-electron chi connectivity index (χ0n) is 11.4. The number of hydrogen-bond acceptors (Lipinski definition) is 3. The number of halogens is 1. The van der Waals surface area contributed by atoms with Crippen LogP contribution in [0.15, 0.2) is 46.9 Å². The highest BCUT2D eigenvalue weighted by molar-refractivity contribution is 9.10. The summed E-state index contributed by atoms with van der Waals surface area (Å²) in [5.41, 5.74) is 8.29. The highest BCUT2D eigenvalue weighted by Crippen LogP contribution is 2.19. The Hall–Kier alpha value is -2.32. The largest absolute Gasteiger partial charge is 0.399 e. The van der Waals surface area contributed by atoms with Gasteiger partial charge >= 0.3 is 0 Å². The fourth-order valence-electron chi connectivity index (χ4n) is 1.95. The van der Waals surface area contributed by atoms with E-state index in [1.54, 1.807) is 30.3 Å². The molecule has 0 aromatic heterocycles. The number of benzene rings is 2. The van der Waals surface area contributed by atoms with Gasteiger partial charge in [-0.25, -0.2) is 0 Å². The number of hydrogen-bond donors (Lipinski definition) is 2. The van der Waals surface area contributed by atoms with E-state index in [2.05, 4.69) is 27.3 Å². The Morgan fingerprint density at radius 1 is 1.29 bits per heavy atom. The summed E-state index contributed by atoms with van der Waals surface area (Å²) in [5.74, 6) is -0.195. The topological polar surface area (TPSA) is 78.9 Å². The molecular formula is C16H14BrN3O. The quantitative estimate of drug-likeness (QED) is 0.838. The minimum absolute atomic E-state index is 0.162. The number of carbonyl (C=O) groups is 1. The average molecular weight is 344 g/mol. The maximum absolute atomic E-state index is 12.2. The van der Waals surface area contributed by atoms with E-state index >= 15 is 0 Å². The molecule has 1 atom stereocenters. The Balaban J connectivity index is 2.12. The average Bonchev–Trinajstić information content (AvgIpc) is 2.46. The lowest BCUT2D eigenvalue weighted by Gasteiger charge is -2.15. The summed E-state index contributed by atoms with van der Waals surface area (Å²) in [7, 11) is 0. The van der Waals surface area contributed by atoms with E-state index in [-0.39, 0.29) is 11.9 Å². The molecule has 2 rings (SSSR count).